The summed E-state index contributed by atoms with van der Waals surface area (Å²) in [6.07, 6.45) is 4.35. The van der Waals surface area contributed by atoms with Crippen LogP contribution in [0.4, 0.5) is 4.39 Å². The van der Waals surface area contributed by atoms with E-state index in [0.717, 1.165) is 22.0 Å². The van der Waals surface area contributed by atoms with Gasteiger partial charge in [-0.2, -0.15) is 0 Å². The minimum atomic E-state index is -0.387. The molecule has 0 aliphatic rings. The molecular weight excluding hydrogens is 307 g/mol. The van der Waals surface area contributed by atoms with Crippen LogP contribution in [0.1, 0.15) is 35.5 Å². The minimum Gasteiger partial charge on any atom is -0.461 e. The van der Waals surface area contributed by atoms with E-state index in [2.05, 4.69) is 4.98 Å². The number of aromatic nitrogens is 2. The van der Waals surface area contributed by atoms with Crippen LogP contribution in [0.5, 0.6) is 0 Å². The molecule has 1 aromatic carbocycles. The smallest absolute Gasteiger partial charge is 0.357 e. The van der Waals surface area contributed by atoms with Crippen LogP contribution in [0.3, 0.4) is 0 Å². The molecule has 0 fully saturated rings. The molecule has 4 nitrogen and oxygen atoms in total. The maximum Gasteiger partial charge on any atom is 0.357 e. The zero-order valence-electron chi connectivity index (χ0n) is 13.8. The van der Waals surface area contributed by atoms with E-state index in [-0.39, 0.29) is 11.8 Å². The minimum absolute atomic E-state index is 0.245. The Bertz CT molecular complexity index is 869. The van der Waals surface area contributed by atoms with Gasteiger partial charge in [-0.3, -0.25) is 0 Å². The van der Waals surface area contributed by atoms with E-state index in [1.54, 1.807) is 25.3 Å². The average Bonchev–Trinajstić information content (AvgIpc) is 2.99. The number of aryl methyl sites for hydroxylation is 1. The summed E-state index contributed by atoms with van der Waals surface area (Å²) in [7, 11) is 0. The predicted octanol–water partition coefficient (Wildman–Crippen LogP) is 3.96. The molecule has 2 aromatic heterocycles. The Morgan fingerprint density at radius 1 is 1.21 bits per heavy atom. The first-order valence-electron chi connectivity index (χ1n) is 8.02. The van der Waals surface area contributed by atoms with Crippen LogP contribution < -0.4 is 0 Å². The second kappa shape index (κ2) is 6.83. The summed E-state index contributed by atoms with van der Waals surface area (Å²) in [6, 6.07) is 8.43. The molecule has 0 bridgehead atoms. The molecule has 0 spiro atoms. The van der Waals surface area contributed by atoms with Gasteiger partial charge in [-0.15, -0.1) is 0 Å². The predicted molar refractivity (Wildman–Crippen MR) is 90.6 cm³/mol. The van der Waals surface area contributed by atoms with E-state index in [0.29, 0.717) is 25.3 Å². The van der Waals surface area contributed by atoms with Crippen LogP contribution in [0.15, 0.2) is 42.7 Å². The maximum absolute atomic E-state index is 13.0. The van der Waals surface area contributed by atoms with Crippen LogP contribution in [0.2, 0.25) is 0 Å². The molecular formula is C19H19FN2O2. The lowest BCUT2D eigenvalue weighted by Gasteiger charge is -2.10. The summed E-state index contributed by atoms with van der Waals surface area (Å²) < 4.78 is 20.2. The number of carbonyl (C=O) groups is 1. The van der Waals surface area contributed by atoms with Crippen LogP contribution in [-0.4, -0.2) is 22.1 Å². The lowest BCUT2D eigenvalue weighted by Crippen LogP contribution is -2.11. The number of benzene rings is 1. The number of fused-ring (bicyclic) bond motifs is 1. The summed E-state index contributed by atoms with van der Waals surface area (Å²) in [4.78, 5) is 16.4. The summed E-state index contributed by atoms with van der Waals surface area (Å²) >= 11 is 0. The normalized spacial score (nSPS) is 11.0. The lowest BCUT2D eigenvalue weighted by atomic mass is 10.1. The van der Waals surface area contributed by atoms with Crippen molar-refractivity contribution in [3.05, 3.63) is 65.4 Å². The summed E-state index contributed by atoms with van der Waals surface area (Å²) in [6.45, 7) is 4.72. The molecule has 2 heterocycles. The third kappa shape index (κ3) is 3.02. The van der Waals surface area contributed by atoms with Crippen LogP contribution >= 0.6 is 0 Å². The Hall–Kier alpha value is -2.69. The van der Waals surface area contributed by atoms with Crippen molar-refractivity contribution in [3.63, 3.8) is 0 Å². The van der Waals surface area contributed by atoms with Crippen molar-refractivity contribution >= 4 is 16.9 Å². The molecule has 24 heavy (non-hydrogen) atoms. The van der Waals surface area contributed by atoms with E-state index in [1.165, 1.54) is 12.1 Å². The van der Waals surface area contributed by atoms with Crippen molar-refractivity contribution in [2.45, 2.75) is 26.8 Å². The number of ether oxygens (including phenoxy) is 1. The van der Waals surface area contributed by atoms with E-state index in [9.17, 15) is 9.18 Å². The first-order chi connectivity index (χ1) is 11.6. The van der Waals surface area contributed by atoms with Gasteiger partial charge in [0, 0.05) is 18.1 Å². The van der Waals surface area contributed by atoms with Gasteiger partial charge >= 0.3 is 5.97 Å². The third-order valence-corrected chi connectivity index (χ3v) is 4.02. The highest BCUT2D eigenvalue weighted by Crippen LogP contribution is 2.24. The second-order valence-electron chi connectivity index (χ2n) is 5.53. The highest BCUT2D eigenvalue weighted by Gasteiger charge is 2.17. The van der Waals surface area contributed by atoms with E-state index >= 15 is 0 Å². The summed E-state index contributed by atoms with van der Waals surface area (Å²) in [5, 5.41) is 0.998. The molecule has 3 rings (SSSR count). The largest absolute Gasteiger partial charge is 0.461 e. The first-order valence-corrected chi connectivity index (χ1v) is 8.02. The standard InChI is InChI=1S/C19H19FN2O2/c1-3-15-16-9-10-22(12-13-5-7-14(20)8-6-13)17(16)11-21-18(15)19(23)24-4-2/h5-11H,3-4,12H2,1-2H3. The third-order valence-electron chi connectivity index (χ3n) is 4.02. The van der Waals surface area contributed by atoms with Gasteiger partial charge < -0.3 is 9.30 Å². The molecule has 0 saturated heterocycles. The molecule has 0 saturated carbocycles. The zero-order valence-corrected chi connectivity index (χ0v) is 13.8. The second-order valence-corrected chi connectivity index (χ2v) is 5.53. The topological polar surface area (TPSA) is 44.1 Å². The number of rotatable bonds is 5. The Kier molecular flexibility index (Phi) is 4.60. The zero-order chi connectivity index (χ0) is 17.1. The number of carbonyl (C=O) groups excluding carboxylic acids is 1. The monoisotopic (exact) mass is 326 g/mol. The van der Waals surface area contributed by atoms with Crippen molar-refractivity contribution in [2.24, 2.45) is 0 Å². The molecule has 0 atom stereocenters. The molecule has 0 unspecified atom stereocenters. The fraction of sp³-hybridized carbons (Fsp3) is 0.263. The molecule has 0 N–H and O–H groups in total. The SMILES string of the molecule is CCOC(=O)c1ncc2c(ccn2Cc2ccc(F)cc2)c1CC. The van der Waals surface area contributed by atoms with Gasteiger partial charge in [0.05, 0.1) is 18.3 Å². The van der Waals surface area contributed by atoms with Gasteiger partial charge in [0.2, 0.25) is 0 Å². The van der Waals surface area contributed by atoms with Crippen molar-refractivity contribution in [2.75, 3.05) is 6.61 Å². The fourth-order valence-electron chi connectivity index (χ4n) is 2.87. The van der Waals surface area contributed by atoms with Crippen LogP contribution in [0, 0.1) is 5.82 Å². The molecule has 0 amide bonds. The van der Waals surface area contributed by atoms with Crippen molar-refractivity contribution in [1.82, 2.24) is 9.55 Å². The molecule has 3 aromatic rings. The fourth-order valence-corrected chi connectivity index (χ4v) is 2.87. The summed E-state index contributed by atoms with van der Waals surface area (Å²) in [5.74, 6) is -0.632. The van der Waals surface area contributed by atoms with Gasteiger partial charge in [0.1, 0.15) is 5.82 Å². The number of esters is 1. The van der Waals surface area contributed by atoms with Gasteiger partial charge in [-0.05, 0) is 42.7 Å². The maximum atomic E-state index is 13.0. The highest BCUT2D eigenvalue weighted by molar-refractivity contribution is 5.95. The van der Waals surface area contributed by atoms with Gasteiger partial charge in [0.15, 0.2) is 5.69 Å². The van der Waals surface area contributed by atoms with E-state index in [1.807, 2.05) is 23.8 Å². The van der Waals surface area contributed by atoms with Gasteiger partial charge in [0.25, 0.3) is 0 Å². The van der Waals surface area contributed by atoms with Gasteiger partial charge in [-0.25, -0.2) is 14.2 Å². The van der Waals surface area contributed by atoms with Crippen LogP contribution in [-0.2, 0) is 17.7 Å². The molecule has 0 aliphatic carbocycles. The lowest BCUT2D eigenvalue weighted by molar-refractivity contribution is 0.0518. The van der Waals surface area contributed by atoms with Gasteiger partial charge in [-0.1, -0.05) is 19.1 Å². The number of hydrogen-bond acceptors (Lipinski definition) is 3. The molecule has 5 heteroatoms. The number of nitrogens with zero attached hydrogens (tertiary/aromatic N) is 2. The Morgan fingerprint density at radius 3 is 2.62 bits per heavy atom. The Morgan fingerprint density at radius 2 is 1.96 bits per heavy atom. The Labute approximate surface area is 139 Å². The first kappa shape index (κ1) is 16.2. The molecule has 0 radical (unpaired) electrons. The quantitative estimate of drug-likeness (QED) is 0.667. The van der Waals surface area contributed by atoms with Crippen molar-refractivity contribution < 1.29 is 13.9 Å². The highest BCUT2D eigenvalue weighted by atomic mass is 19.1. The average molecular weight is 326 g/mol. The van der Waals surface area contributed by atoms with Crippen molar-refractivity contribution in [1.29, 1.82) is 0 Å². The Balaban J connectivity index is 2.00. The van der Waals surface area contributed by atoms with Crippen LogP contribution in [0.25, 0.3) is 10.9 Å². The summed E-state index contributed by atoms with van der Waals surface area (Å²) in [5.41, 5.74) is 3.22. The molecule has 124 valence electrons. The number of halogens is 1. The van der Waals surface area contributed by atoms with E-state index < -0.39 is 0 Å². The van der Waals surface area contributed by atoms with E-state index in [4.69, 9.17) is 4.74 Å². The van der Waals surface area contributed by atoms with Crippen molar-refractivity contribution in [3.8, 4) is 0 Å². The number of pyridine rings is 1. The number of hydrogen-bond donors (Lipinski definition) is 0. The molecule has 0 aliphatic heterocycles.